The van der Waals surface area contributed by atoms with Gasteiger partial charge in [-0.3, -0.25) is 0 Å². The summed E-state index contributed by atoms with van der Waals surface area (Å²) >= 11 is 0. The van der Waals surface area contributed by atoms with Gasteiger partial charge in [-0.1, -0.05) is 13.8 Å². The van der Waals surface area contributed by atoms with Gasteiger partial charge in [0.05, 0.1) is 0 Å². The SMILES string of the molecule is CC(C)C(=C=O)N1CCCC1. The minimum Gasteiger partial charge on any atom is -0.366 e. The zero-order valence-electron chi connectivity index (χ0n) is 7.26. The first kappa shape index (κ1) is 8.35. The Bertz CT molecular complexity index is 174. The fourth-order valence-electron chi connectivity index (χ4n) is 1.51. The molecule has 0 atom stereocenters. The number of nitrogens with zero attached hydrogens (tertiary/aromatic N) is 1. The second-order valence-electron chi connectivity index (χ2n) is 3.34. The standard InChI is InChI=1S/C9H15NO/c1-8(2)9(7-11)10-5-3-4-6-10/h8H,3-6H2,1-2H3. The summed E-state index contributed by atoms with van der Waals surface area (Å²) in [4.78, 5) is 12.7. The van der Waals surface area contributed by atoms with Crippen molar-refractivity contribution in [1.29, 1.82) is 0 Å². The van der Waals surface area contributed by atoms with E-state index in [1.54, 1.807) is 0 Å². The highest BCUT2D eigenvalue weighted by atomic mass is 16.1. The molecular formula is C9H15NO. The summed E-state index contributed by atoms with van der Waals surface area (Å²) in [6, 6.07) is 0. The van der Waals surface area contributed by atoms with Gasteiger partial charge in [0.25, 0.3) is 0 Å². The zero-order chi connectivity index (χ0) is 8.27. The van der Waals surface area contributed by atoms with Crippen molar-refractivity contribution in [1.82, 2.24) is 4.90 Å². The minimum atomic E-state index is 0.325. The van der Waals surface area contributed by atoms with Crippen LogP contribution >= 0.6 is 0 Å². The van der Waals surface area contributed by atoms with Crippen LogP contribution in [-0.4, -0.2) is 23.9 Å². The van der Waals surface area contributed by atoms with Gasteiger partial charge in [0.15, 0.2) is 0 Å². The summed E-state index contributed by atoms with van der Waals surface area (Å²) in [6.45, 7) is 6.17. The second kappa shape index (κ2) is 3.59. The van der Waals surface area contributed by atoms with Crippen LogP contribution in [0.25, 0.3) is 0 Å². The summed E-state index contributed by atoms with van der Waals surface area (Å²) in [5.41, 5.74) is 0.850. The average molecular weight is 153 g/mol. The summed E-state index contributed by atoms with van der Waals surface area (Å²) in [6.07, 6.45) is 2.44. The van der Waals surface area contributed by atoms with Gasteiger partial charge in [0.1, 0.15) is 11.6 Å². The maximum absolute atomic E-state index is 10.5. The third-order valence-corrected chi connectivity index (χ3v) is 2.10. The van der Waals surface area contributed by atoms with Crippen molar-refractivity contribution in [2.45, 2.75) is 26.7 Å². The van der Waals surface area contributed by atoms with Crippen LogP contribution in [0.1, 0.15) is 26.7 Å². The van der Waals surface area contributed by atoms with Crippen molar-refractivity contribution in [3.8, 4) is 0 Å². The number of hydrogen-bond donors (Lipinski definition) is 0. The molecule has 1 aliphatic rings. The lowest BCUT2D eigenvalue weighted by atomic mass is 10.1. The van der Waals surface area contributed by atoms with Crippen molar-refractivity contribution < 1.29 is 4.79 Å². The van der Waals surface area contributed by atoms with Crippen LogP contribution in [0, 0.1) is 5.92 Å². The van der Waals surface area contributed by atoms with Crippen LogP contribution in [0.5, 0.6) is 0 Å². The second-order valence-corrected chi connectivity index (χ2v) is 3.34. The number of carbonyl (C=O) groups excluding carboxylic acids is 1. The Morgan fingerprint density at radius 3 is 2.27 bits per heavy atom. The van der Waals surface area contributed by atoms with Crippen LogP contribution in [0.2, 0.25) is 0 Å². The van der Waals surface area contributed by atoms with Gasteiger partial charge in [-0.2, -0.15) is 0 Å². The maximum Gasteiger partial charge on any atom is 0.146 e. The lowest BCUT2D eigenvalue weighted by Crippen LogP contribution is -2.22. The van der Waals surface area contributed by atoms with E-state index in [1.165, 1.54) is 12.8 Å². The first-order chi connectivity index (χ1) is 5.25. The molecule has 0 aliphatic carbocycles. The molecule has 1 saturated heterocycles. The Kier molecular flexibility index (Phi) is 2.72. The van der Waals surface area contributed by atoms with E-state index in [9.17, 15) is 4.79 Å². The van der Waals surface area contributed by atoms with Crippen LogP contribution in [0.3, 0.4) is 0 Å². The highest BCUT2D eigenvalue weighted by molar-refractivity contribution is 5.52. The van der Waals surface area contributed by atoms with Gasteiger partial charge in [0, 0.05) is 19.0 Å². The molecule has 1 aliphatic heterocycles. The summed E-state index contributed by atoms with van der Waals surface area (Å²) in [5.74, 6) is 2.36. The van der Waals surface area contributed by atoms with E-state index in [2.05, 4.69) is 4.90 Å². The molecule has 0 aromatic carbocycles. The quantitative estimate of drug-likeness (QED) is 0.560. The van der Waals surface area contributed by atoms with E-state index in [1.807, 2.05) is 19.8 Å². The Hall–Kier alpha value is -0.750. The molecule has 0 aromatic heterocycles. The monoisotopic (exact) mass is 153 g/mol. The molecule has 0 amide bonds. The van der Waals surface area contributed by atoms with Crippen LogP contribution in [0.4, 0.5) is 0 Å². The van der Waals surface area contributed by atoms with Crippen molar-refractivity contribution >= 4 is 5.94 Å². The van der Waals surface area contributed by atoms with E-state index in [4.69, 9.17) is 0 Å². The van der Waals surface area contributed by atoms with Gasteiger partial charge in [-0.25, -0.2) is 4.79 Å². The zero-order valence-corrected chi connectivity index (χ0v) is 7.26. The maximum atomic E-state index is 10.5. The normalized spacial score (nSPS) is 17.2. The Balaban J connectivity index is 2.62. The van der Waals surface area contributed by atoms with Crippen LogP contribution in [-0.2, 0) is 4.79 Å². The van der Waals surface area contributed by atoms with Gasteiger partial charge in [0.2, 0.25) is 0 Å². The predicted molar refractivity (Wildman–Crippen MR) is 44.9 cm³/mol. The lowest BCUT2D eigenvalue weighted by Gasteiger charge is -2.20. The predicted octanol–water partition coefficient (Wildman–Crippen LogP) is 1.45. The van der Waals surface area contributed by atoms with Crippen molar-refractivity contribution in [3.05, 3.63) is 5.70 Å². The van der Waals surface area contributed by atoms with Crippen molar-refractivity contribution in [2.24, 2.45) is 5.92 Å². The molecule has 2 heteroatoms. The highest BCUT2D eigenvalue weighted by Crippen LogP contribution is 2.18. The van der Waals surface area contributed by atoms with E-state index < -0.39 is 0 Å². The average Bonchev–Trinajstić information content (AvgIpc) is 2.40. The number of likely N-dealkylation sites (tertiary alicyclic amines) is 1. The van der Waals surface area contributed by atoms with Crippen molar-refractivity contribution in [3.63, 3.8) is 0 Å². The lowest BCUT2D eigenvalue weighted by molar-refractivity contribution is 0.381. The van der Waals surface area contributed by atoms with Crippen LogP contribution in [0.15, 0.2) is 5.70 Å². The third kappa shape index (κ3) is 1.84. The Morgan fingerprint density at radius 2 is 1.91 bits per heavy atom. The number of hydrogen-bond acceptors (Lipinski definition) is 2. The molecule has 2 nitrogen and oxygen atoms in total. The van der Waals surface area contributed by atoms with Gasteiger partial charge < -0.3 is 4.90 Å². The molecule has 0 unspecified atom stereocenters. The molecule has 0 radical (unpaired) electrons. The summed E-state index contributed by atoms with van der Waals surface area (Å²) in [7, 11) is 0. The van der Waals surface area contributed by atoms with Crippen LogP contribution < -0.4 is 0 Å². The summed E-state index contributed by atoms with van der Waals surface area (Å²) < 4.78 is 0. The summed E-state index contributed by atoms with van der Waals surface area (Å²) in [5, 5.41) is 0. The molecular weight excluding hydrogens is 138 g/mol. The van der Waals surface area contributed by atoms with E-state index in [-0.39, 0.29) is 0 Å². The molecule has 0 N–H and O–H groups in total. The molecule has 1 rings (SSSR count). The van der Waals surface area contributed by atoms with E-state index >= 15 is 0 Å². The molecule has 62 valence electrons. The fraction of sp³-hybridized carbons (Fsp3) is 0.778. The van der Waals surface area contributed by atoms with E-state index in [0.29, 0.717) is 5.92 Å². The first-order valence-corrected chi connectivity index (χ1v) is 4.25. The van der Waals surface area contributed by atoms with Gasteiger partial charge in [-0.15, -0.1) is 0 Å². The molecule has 1 heterocycles. The molecule has 11 heavy (non-hydrogen) atoms. The van der Waals surface area contributed by atoms with Gasteiger partial charge >= 0.3 is 0 Å². The number of allylic oxidation sites excluding steroid dienone is 1. The van der Waals surface area contributed by atoms with Crippen molar-refractivity contribution in [2.75, 3.05) is 13.1 Å². The Labute approximate surface area is 67.9 Å². The molecule has 0 aromatic rings. The molecule has 1 fully saturated rings. The largest absolute Gasteiger partial charge is 0.366 e. The molecule has 0 bridgehead atoms. The fourth-order valence-corrected chi connectivity index (χ4v) is 1.51. The molecule has 0 saturated carbocycles. The third-order valence-electron chi connectivity index (χ3n) is 2.10. The minimum absolute atomic E-state index is 0.325. The first-order valence-electron chi connectivity index (χ1n) is 4.25. The van der Waals surface area contributed by atoms with E-state index in [0.717, 1.165) is 18.8 Å². The smallest absolute Gasteiger partial charge is 0.146 e. The molecule has 0 spiro atoms. The number of rotatable bonds is 2. The highest BCUT2D eigenvalue weighted by Gasteiger charge is 2.17. The topological polar surface area (TPSA) is 20.3 Å². The Morgan fingerprint density at radius 1 is 1.36 bits per heavy atom. The van der Waals surface area contributed by atoms with Gasteiger partial charge in [-0.05, 0) is 12.8 Å².